The first-order chi connectivity index (χ1) is 9.13. The molecule has 4 unspecified atom stereocenters. The van der Waals surface area contributed by atoms with E-state index >= 15 is 0 Å². The molecule has 2 bridgehead atoms. The second-order valence-electron chi connectivity index (χ2n) is 5.86. The van der Waals surface area contributed by atoms with Crippen LogP contribution in [0.4, 0.5) is 5.82 Å². The van der Waals surface area contributed by atoms with Gasteiger partial charge in [0.25, 0.3) is 0 Å². The van der Waals surface area contributed by atoms with Crippen molar-refractivity contribution in [2.24, 2.45) is 17.8 Å². The number of carboxylic acid groups (broad SMARTS) is 1. The number of nitrogens with zero attached hydrogens (tertiary/aromatic N) is 2. The molecule has 2 saturated carbocycles. The molecule has 0 spiro atoms. The Hall–Kier alpha value is -1.65. The summed E-state index contributed by atoms with van der Waals surface area (Å²) in [6.07, 6.45) is 8.29. The van der Waals surface area contributed by atoms with E-state index in [9.17, 15) is 4.79 Å². The normalized spacial score (nSPS) is 30.3. The Morgan fingerprint density at radius 3 is 2.74 bits per heavy atom. The first-order valence-corrected chi connectivity index (χ1v) is 6.95. The molecule has 2 fully saturated rings. The molecule has 1 heterocycles. The van der Waals surface area contributed by atoms with Crippen molar-refractivity contribution < 1.29 is 9.90 Å². The molecule has 0 aromatic carbocycles. The van der Waals surface area contributed by atoms with Gasteiger partial charge in [0.2, 0.25) is 0 Å². The lowest BCUT2D eigenvalue weighted by molar-refractivity contribution is 0.0690. The van der Waals surface area contributed by atoms with Crippen LogP contribution in [0.15, 0.2) is 12.4 Å². The number of hydrogen-bond acceptors (Lipinski definition) is 4. The zero-order valence-corrected chi connectivity index (χ0v) is 11.0. The van der Waals surface area contributed by atoms with E-state index in [1.807, 2.05) is 0 Å². The van der Waals surface area contributed by atoms with Crippen LogP contribution in [0, 0.1) is 17.8 Å². The maximum atomic E-state index is 10.7. The van der Waals surface area contributed by atoms with Gasteiger partial charge in [-0.2, -0.15) is 0 Å². The Labute approximate surface area is 112 Å². The van der Waals surface area contributed by atoms with E-state index in [1.54, 1.807) is 0 Å². The predicted octanol–water partition coefficient (Wildman–Crippen LogP) is 2.41. The summed E-state index contributed by atoms with van der Waals surface area (Å²) >= 11 is 0. The largest absolute Gasteiger partial charge is 0.476 e. The number of anilines is 1. The van der Waals surface area contributed by atoms with Crippen molar-refractivity contribution in [1.29, 1.82) is 0 Å². The van der Waals surface area contributed by atoms with Gasteiger partial charge in [-0.1, -0.05) is 6.42 Å². The molecule has 0 saturated heterocycles. The number of aromatic nitrogens is 2. The van der Waals surface area contributed by atoms with Crippen LogP contribution >= 0.6 is 0 Å². The molecule has 3 rings (SSSR count). The summed E-state index contributed by atoms with van der Waals surface area (Å²) in [6, 6.07) is 0.375. The van der Waals surface area contributed by atoms with Crippen LogP contribution in [-0.2, 0) is 0 Å². The van der Waals surface area contributed by atoms with Crippen LogP contribution in [-0.4, -0.2) is 27.1 Å². The van der Waals surface area contributed by atoms with Crippen LogP contribution < -0.4 is 5.32 Å². The standard InChI is InChI=1S/C14H19N3O2/c1-8(11-5-9-2-3-10(11)4-9)17-13-7-15-12(6-16-13)14(18)19/h6-11H,2-5H2,1H3,(H,16,17)(H,18,19). The maximum absolute atomic E-state index is 10.7. The zero-order chi connectivity index (χ0) is 13.4. The van der Waals surface area contributed by atoms with Gasteiger partial charge in [0.05, 0.1) is 12.4 Å². The van der Waals surface area contributed by atoms with E-state index in [4.69, 9.17) is 5.11 Å². The fraction of sp³-hybridized carbons (Fsp3) is 0.643. The molecular formula is C14H19N3O2. The number of carbonyl (C=O) groups is 1. The first kappa shape index (κ1) is 12.4. The zero-order valence-electron chi connectivity index (χ0n) is 11.0. The Balaban J connectivity index is 1.63. The summed E-state index contributed by atoms with van der Waals surface area (Å²) in [6.45, 7) is 2.19. The average Bonchev–Trinajstić information content (AvgIpc) is 3.01. The van der Waals surface area contributed by atoms with Crippen LogP contribution in [0.5, 0.6) is 0 Å². The van der Waals surface area contributed by atoms with Crippen molar-refractivity contribution in [3.05, 3.63) is 18.1 Å². The van der Waals surface area contributed by atoms with Gasteiger partial charge in [0.1, 0.15) is 5.82 Å². The molecule has 102 valence electrons. The minimum Gasteiger partial charge on any atom is -0.476 e. The minimum atomic E-state index is -1.04. The fourth-order valence-corrected chi connectivity index (χ4v) is 3.76. The van der Waals surface area contributed by atoms with Crippen LogP contribution in [0.1, 0.15) is 43.1 Å². The molecule has 19 heavy (non-hydrogen) atoms. The molecule has 2 N–H and O–H groups in total. The van der Waals surface area contributed by atoms with Crippen molar-refractivity contribution in [3.63, 3.8) is 0 Å². The summed E-state index contributed by atoms with van der Waals surface area (Å²) in [5.41, 5.74) is -0.0156. The van der Waals surface area contributed by atoms with Crippen LogP contribution in [0.25, 0.3) is 0 Å². The molecule has 5 heteroatoms. The van der Waals surface area contributed by atoms with Crippen molar-refractivity contribution >= 4 is 11.8 Å². The summed E-state index contributed by atoms with van der Waals surface area (Å²) in [4.78, 5) is 18.7. The molecule has 2 aliphatic rings. The summed E-state index contributed by atoms with van der Waals surface area (Å²) in [5, 5.41) is 12.1. The highest BCUT2D eigenvalue weighted by Crippen LogP contribution is 2.49. The van der Waals surface area contributed by atoms with Gasteiger partial charge in [0.15, 0.2) is 5.69 Å². The van der Waals surface area contributed by atoms with Crippen molar-refractivity contribution in [2.45, 2.75) is 38.6 Å². The van der Waals surface area contributed by atoms with Crippen molar-refractivity contribution in [2.75, 3.05) is 5.32 Å². The molecule has 2 aliphatic carbocycles. The lowest BCUT2D eigenvalue weighted by Crippen LogP contribution is -2.30. The predicted molar refractivity (Wildman–Crippen MR) is 71.0 cm³/mol. The molecule has 0 amide bonds. The third-order valence-corrected chi connectivity index (χ3v) is 4.68. The molecule has 1 aromatic rings. The van der Waals surface area contributed by atoms with Crippen molar-refractivity contribution in [1.82, 2.24) is 9.97 Å². The highest BCUT2D eigenvalue weighted by atomic mass is 16.4. The Bertz CT molecular complexity index is 474. The molecule has 0 radical (unpaired) electrons. The van der Waals surface area contributed by atoms with E-state index in [2.05, 4.69) is 22.2 Å². The van der Waals surface area contributed by atoms with Gasteiger partial charge in [-0.3, -0.25) is 0 Å². The van der Waals surface area contributed by atoms with Gasteiger partial charge in [0, 0.05) is 6.04 Å². The van der Waals surface area contributed by atoms with E-state index < -0.39 is 5.97 Å². The Kier molecular flexibility index (Phi) is 3.12. The topological polar surface area (TPSA) is 75.1 Å². The molecule has 0 aliphatic heterocycles. The second-order valence-corrected chi connectivity index (χ2v) is 5.86. The third kappa shape index (κ3) is 2.41. The number of carboxylic acids is 1. The van der Waals surface area contributed by atoms with Gasteiger partial charge >= 0.3 is 5.97 Å². The fourth-order valence-electron chi connectivity index (χ4n) is 3.76. The molecule has 5 nitrogen and oxygen atoms in total. The van der Waals surface area contributed by atoms with Gasteiger partial charge < -0.3 is 10.4 Å². The Morgan fingerprint density at radius 2 is 2.21 bits per heavy atom. The second kappa shape index (κ2) is 4.79. The van der Waals surface area contributed by atoms with E-state index in [0.29, 0.717) is 11.9 Å². The SMILES string of the molecule is CC(Nc1cnc(C(=O)O)cn1)C1CC2CCC1C2. The van der Waals surface area contributed by atoms with Gasteiger partial charge in [-0.05, 0) is 43.9 Å². The van der Waals surface area contributed by atoms with Crippen molar-refractivity contribution in [3.8, 4) is 0 Å². The first-order valence-electron chi connectivity index (χ1n) is 6.95. The van der Waals surface area contributed by atoms with E-state index in [0.717, 1.165) is 17.8 Å². The number of hydrogen-bond donors (Lipinski definition) is 2. The summed E-state index contributed by atoms with van der Waals surface area (Å²) in [5.74, 6) is 2.14. The average molecular weight is 261 g/mol. The lowest BCUT2D eigenvalue weighted by atomic mass is 9.84. The number of aromatic carboxylic acids is 1. The van der Waals surface area contributed by atoms with E-state index in [1.165, 1.54) is 38.1 Å². The van der Waals surface area contributed by atoms with Crippen LogP contribution in [0.3, 0.4) is 0 Å². The highest BCUT2D eigenvalue weighted by molar-refractivity contribution is 5.84. The molecular weight excluding hydrogens is 242 g/mol. The minimum absolute atomic E-state index is 0.0156. The maximum Gasteiger partial charge on any atom is 0.356 e. The molecule has 1 aromatic heterocycles. The monoisotopic (exact) mass is 261 g/mol. The van der Waals surface area contributed by atoms with Gasteiger partial charge in [-0.25, -0.2) is 14.8 Å². The number of fused-ring (bicyclic) bond motifs is 2. The summed E-state index contributed by atoms with van der Waals surface area (Å²) in [7, 11) is 0. The lowest BCUT2D eigenvalue weighted by Gasteiger charge is -2.28. The highest BCUT2D eigenvalue weighted by Gasteiger charge is 2.41. The third-order valence-electron chi connectivity index (χ3n) is 4.68. The van der Waals surface area contributed by atoms with Crippen LogP contribution in [0.2, 0.25) is 0 Å². The van der Waals surface area contributed by atoms with Gasteiger partial charge in [-0.15, -0.1) is 0 Å². The molecule has 4 atom stereocenters. The number of nitrogens with one attached hydrogen (secondary N) is 1. The smallest absolute Gasteiger partial charge is 0.356 e. The van der Waals surface area contributed by atoms with E-state index in [-0.39, 0.29) is 5.69 Å². The quantitative estimate of drug-likeness (QED) is 0.870. The summed E-state index contributed by atoms with van der Waals surface area (Å²) < 4.78 is 0. The Morgan fingerprint density at radius 1 is 1.37 bits per heavy atom. The number of rotatable bonds is 4.